The predicted octanol–water partition coefficient (Wildman–Crippen LogP) is 1.12. The molecule has 1 aromatic heterocycles. The predicted molar refractivity (Wildman–Crippen MR) is 57.5 cm³/mol. The summed E-state index contributed by atoms with van der Waals surface area (Å²) in [4.78, 5) is 12.0. The van der Waals surface area contributed by atoms with E-state index < -0.39 is 0 Å². The van der Waals surface area contributed by atoms with Gasteiger partial charge in [-0.05, 0) is 31.7 Å². The van der Waals surface area contributed by atoms with Crippen molar-refractivity contribution >= 4 is 5.78 Å². The maximum Gasteiger partial charge on any atom is 0.186 e. The minimum Gasteiger partial charge on any atom is -0.328 e. The van der Waals surface area contributed by atoms with E-state index in [1.165, 1.54) is 0 Å². The van der Waals surface area contributed by atoms with Crippen molar-refractivity contribution in [2.45, 2.75) is 31.7 Å². The molecule has 0 spiro atoms. The van der Waals surface area contributed by atoms with E-state index in [2.05, 4.69) is 5.10 Å². The van der Waals surface area contributed by atoms with Gasteiger partial charge in [-0.1, -0.05) is 0 Å². The number of rotatable bonds is 2. The van der Waals surface area contributed by atoms with Crippen LogP contribution < -0.4 is 5.73 Å². The van der Waals surface area contributed by atoms with Crippen molar-refractivity contribution in [3.05, 3.63) is 18.0 Å². The smallest absolute Gasteiger partial charge is 0.186 e. The van der Waals surface area contributed by atoms with Crippen LogP contribution in [0.4, 0.5) is 0 Å². The average molecular weight is 207 g/mol. The van der Waals surface area contributed by atoms with Crippen LogP contribution in [-0.4, -0.2) is 21.6 Å². The second kappa shape index (κ2) is 4.14. The zero-order valence-electron chi connectivity index (χ0n) is 9.02. The zero-order chi connectivity index (χ0) is 10.8. The lowest BCUT2D eigenvalue weighted by Crippen LogP contribution is -2.30. The fourth-order valence-electron chi connectivity index (χ4n) is 2.14. The fraction of sp³-hybridized carbons (Fsp3) is 0.636. The van der Waals surface area contributed by atoms with Crippen LogP contribution in [0.1, 0.15) is 36.2 Å². The van der Waals surface area contributed by atoms with Crippen molar-refractivity contribution in [2.75, 3.05) is 0 Å². The molecular weight excluding hydrogens is 190 g/mol. The molecule has 1 saturated carbocycles. The number of hydrogen-bond acceptors (Lipinski definition) is 3. The Bertz CT molecular complexity index is 350. The van der Waals surface area contributed by atoms with Crippen LogP contribution in [0, 0.1) is 5.92 Å². The Labute approximate surface area is 89.5 Å². The molecule has 0 saturated heterocycles. The van der Waals surface area contributed by atoms with Crippen LogP contribution in [0.15, 0.2) is 12.3 Å². The number of carbonyl (C=O) groups is 1. The van der Waals surface area contributed by atoms with Gasteiger partial charge in [-0.3, -0.25) is 9.48 Å². The van der Waals surface area contributed by atoms with Gasteiger partial charge in [0.2, 0.25) is 0 Å². The molecule has 2 rings (SSSR count). The summed E-state index contributed by atoms with van der Waals surface area (Å²) < 4.78 is 1.67. The summed E-state index contributed by atoms with van der Waals surface area (Å²) in [5.74, 6) is 0.321. The number of ketones is 1. The lowest BCUT2D eigenvalue weighted by molar-refractivity contribution is 0.0878. The number of nitrogens with zero attached hydrogens (tertiary/aromatic N) is 2. The van der Waals surface area contributed by atoms with Gasteiger partial charge in [0.1, 0.15) is 5.69 Å². The minimum absolute atomic E-state index is 0.139. The summed E-state index contributed by atoms with van der Waals surface area (Å²) in [6.07, 6.45) is 5.56. The standard InChI is InChI=1S/C11H17N3O/c1-14-7-6-10(13-14)11(15)8-2-4-9(12)5-3-8/h6-9H,2-5,12H2,1H3. The maximum absolute atomic E-state index is 12.0. The molecule has 0 radical (unpaired) electrons. The number of carbonyl (C=O) groups excluding carboxylic acids is 1. The highest BCUT2D eigenvalue weighted by atomic mass is 16.1. The molecule has 1 aliphatic rings. The molecule has 2 N–H and O–H groups in total. The van der Waals surface area contributed by atoms with E-state index in [4.69, 9.17) is 5.73 Å². The summed E-state index contributed by atoms with van der Waals surface area (Å²) in [5, 5.41) is 4.14. The van der Waals surface area contributed by atoms with E-state index in [9.17, 15) is 4.79 Å². The number of hydrogen-bond donors (Lipinski definition) is 1. The Hall–Kier alpha value is -1.16. The van der Waals surface area contributed by atoms with Crippen LogP contribution in [0.3, 0.4) is 0 Å². The van der Waals surface area contributed by atoms with E-state index in [1.807, 2.05) is 13.2 Å². The molecule has 15 heavy (non-hydrogen) atoms. The first-order valence-electron chi connectivity index (χ1n) is 5.46. The average Bonchev–Trinajstić information content (AvgIpc) is 2.65. The second-order valence-electron chi connectivity index (χ2n) is 4.35. The Morgan fingerprint density at radius 2 is 2.13 bits per heavy atom. The van der Waals surface area contributed by atoms with Crippen LogP contribution in [-0.2, 0) is 7.05 Å². The lowest BCUT2D eigenvalue weighted by atomic mass is 9.83. The summed E-state index contributed by atoms with van der Waals surface area (Å²) in [6.45, 7) is 0. The van der Waals surface area contributed by atoms with Gasteiger partial charge in [0, 0.05) is 25.2 Å². The van der Waals surface area contributed by atoms with Crippen molar-refractivity contribution in [3.63, 3.8) is 0 Å². The zero-order valence-corrected chi connectivity index (χ0v) is 9.02. The number of aryl methyl sites for hydroxylation is 1. The number of Topliss-reactive ketones (excluding diaryl/α,β-unsaturated/α-hetero) is 1. The Balaban J connectivity index is 2.02. The molecular formula is C11H17N3O. The number of aromatic nitrogens is 2. The molecule has 0 amide bonds. The third-order valence-corrected chi connectivity index (χ3v) is 3.11. The Kier molecular flexibility index (Phi) is 2.86. The summed E-state index contributed by atoms with van der Waals surface area (Å²) in [5.41, 5.74) is 6.40. The first-order valence-corrected chi connectivity index (χ1v) is 5.46. The van der Waals surface area contributed by atoms with Gasteiger partial charge in [0.25, 0.3) is 0 Å². The van der Waals surface area contributed by atoms with Crippen LogP contribution in [0.5, 0.6) is 0 Å². The molecule has 1 fully saturated rings. The monoisotopic (exact) mass is 207 g/mol. The molecule has 0 unspecified atom stereocenters. The highest BCUT2D eigenvalue weighted by Gasteiger charge is 2.26. The highest BCUT2D eigenvalue weighted by Crippen LogP contribution is 2.25. The Morgan fingerprint density at radius 3 is 2.67 bits per heavy atom. The fourth-order valence-corrected chi connectivity index (χ4v) is 2.14. The van der Waals surface area contributed by atoms with Crippen molar-refractivity contribution < 1.29 is 4.79 Å². The molecule has 82 valence electrons. The van der Waals surface area contributed by atoms with Crippen molar-refractivity contribution in [3.8, 4) is 0 Å². The number of nitrogens with two attached hydrogens (primary N) is 1. The van der Waals surface area contributed by atoms with Gasteiger partial charge in [0.05, 0.1) is 0 Å². The molecule has 0 bridgehead atoms. The SMILES string of the molecule is Cn1ccc(C(=O)C2CCC(N)CC2)n1. The molecule has 0 atom stereocenters. The molecule has 1 aliphatic carbocycles. The van der Waals surface area contributed by atoms with E-state index in [1.54, 1.807) is 10.7 Å². The van der Waals surface area contributed by atoms with Gasteiger partial charge < -0.3 is 5.73 Å². The summed E-state index contributed by atoms with van der Waals surface area (Å²) >= 11 is 0. The van der Waals surface area contributed by atoms with E-state index in [0.717, 1.165) is 25.7 Å². The van der Waals surface area contributed by atoms with Crippen LogP contribution >= 0.6 is 0 Å². The third kappa shape index (κ3) is 2.26. The molecule has 4 heteroatoms. The second-order valence-corrected chi connectivity index (χ2v) is 4.35. The highest BCUT2D eigenvalue weighted by molar-refractivity contribution is 5.96. The van der Waals surface area contributed by atoms with E-state index in [-0.39, 0.29) is 17.7 Å². The molecule has 0 aliphatic heterocycles. The first-order chi connectivity index (χ1) is 7.16. The van der Waals surface area contributed by atoms with Gasteiger partial charge >= 0.3 is 0 Å². The van der Waals surface area contributed by atoms with Crippen molar-refractivity contribution in [2.24, 2.45) is 18.7 Å². The molecule has 1 heterocycles. The summed E-state index contributed by atoms with van der Waals surface area (Å²) in [6, 6.07) is 2.08. The maximum atomic E-state index is 12.0. The summed E-state index contributed by atoms with van der Waals surface area (Å²) in [7, 11) is 1.83. The lowest BCUT2D eigenvalue weighted by Gasteiger charge is -2.24. The normalized spacial score (nSPS) is 26.5. The molecule has 4 nitrogen and oxygen atoms in total. The quantitative estimate of drug-likeness (QED) is 0.739. The largest absolute Gasteiger partial charge is 0.328 e. The van der Waals surface area contributed by atoms with Gasteiger partial charge in [-0.15, -0.1) is 0 Å². The molecule has 1 aromatic rings. The van der Waals surface area contributed by atoms with Crippen LogP contribution in [0.25, 0.3) is 0 Å². The van der Waals surface area contributed by atoms with Gasteiger partial charge in [-0.2, -0.15) is 5.10 Å². The van der Waals surface area contributed by atoms with Crippen molar-refractivity contribution in [1.82, 2.24) is 9.78 Å². The minimum atomic E-state index is 0.139. The molecule has 0 aromatic carbocycles. The van der Waals surface area contributed by atoms with Crippen LogP contribution in [0.2, 0.25) is 0 Å². The van der Waals surface area contributed by atoms with E-state index in [0.29, 0.717) is 5.69 Å². The van der Waals surface area contributed by atoms with E-state index >= 15 is 0 Å². The first kappa shape index (κ1) is 10.4. The Morgan fingerprint density at radius 1 is 1.47 bits per heavy atom. The van der Waals surface area contributed by atoms with Crippen molar-refractivity contribution in [1.29, 1.82) is 0 Å². The third-order valence-electron chi connectivity index (χ3n) is 3.11. The van der Waals surface area contributed by atoms with Gasteiger partial charge in [-0.25, -0.2) is 0 Å². The van der Waals surface area contributed by atoms with Gasteiger partial charge in [0.15, 0.2) is 5.78 Å². The topological polar surface area (TPSA) is 60.9 Å².